The lowest BCUT2D eigenvalue weighted by atomic mass is 9.75. The van der Waals surface area contributed by atoms with E-state index in [4.69, 9.17) is 16.3 Å². The Morgan fingerprint density at radius 3 is 2.41 bits per heavy atom. The zero-order chi connectivity index (χ0) is 24.5. The number of amides is 3. The fourth-order valence-corrected chi connectivity index (χ4v) is 5.61. The third-order valence-electron chi connectivity index (χ3n) is 7.45. The second kappa shape index (κ2) is 9.79. The molecular weight excluding hydrogens is 452 g/mol. The highest BCUT2D eigenvalue weighted by molar-refractivity contribution is 6.32. The molecule has 1 heterocycles. The molecule has 4 rings (SSSR count). The second-order valence-electron chi connectivity index (χ2n) is 9.38. The van der Waals surface area contributed by atoms with Crippen molar-refractivity contribution in [2.75, 3.05) is 14.2 Å². The number of nitrogens with zero attached hydrogens (tertiary/aromatic N) is 2. The minimum Gasteiger partial charge on any atom is -0.497 e. The number of hydrogen-bond acceptors (Lipinski definition) is 4. The number of ether oxygens (including phenoxy) is 1. The molecule has 2 fully saturated rings. The summed E-state index contributed by atoms with van der Waals surface area (Å²) in [5.41, 5.74) is 0.211. The standard InChI is InChI=1S/C27H31ClN2O4/c1-18(19-12-14-21(34-3)15-13-19)29(2)24(31)16-27(22-10-6-7-11-23(22)28)17-25(32)30(26(27)33)20-8-4-5-9-20/h6-7,10-15,18,20H,4-5,8-9,16-17H2,1-3H3/t18-,27-/m0/s1. The van der Waals surface area contributed by atoms with Crippen molar-refractivity contribution in [3.8, 4) is 5.75 Å². The van der Waals surface area contributed by atoms with Crippen LogP contribution in [-0.2, 0) is 19.8 Å². The van der Waals surface area contributed by atoms with Crippen molar-refractivity contribution in [1.82, 2.24) is 9.80 Å². The molecule has 2 aliphatic rings. The fourth-order valence-electron chi connectivity index (χ4n) is 5.29. The second-order valence-corrected chi connectivity index (χ2v) is 9.78. The van der Waals surface area contributed by atoms with Gasteiger partial charge in [-0.15, -0.1) is 0 Å². The van der Waals surface area contributed by atoms with Crippen LogP contribution in [0.2, 0.25) is 5.02 Å². The van der Waals surface area contributed by atoms with E-state index in [2.05, 4.69) is 0 Å². The highest BCUT2D eigenvalue weighted by Gasteiger charge is 2.56. The van der Waals surface area contributed by atoms with Crippen LogP contribution in [0.1, 0.15) is 62.6 Å². The van der Waals surface area contributed by atoms with E-state index < -0.39 is 5.41 Å². The van der Waals surface area contributed by atoms with Crippen molar-refractivity contribution in [3.63, 3.8) is 0 Å². The number of carbonyl (C=O) groups excluding carboxylic acids is 3. The average Bonchev–Trinajstić information content (AvgIpc) is 3.45. The lowest BCUT2D eigenvalue weighted by Crippen LogP contribution is -2.45. The molecule has 2 aromatic rings. The predicted octanol–water partition coefficient (Wildman–Crippen LogP) is 4.90. The summed E-state index contributed by atoms with van der Waals surface area (Å²) in [6, 6.07) is 14.3. The zero-order valence-corrected chi connectivity index (χ0v) is 20.7. The van der Waals surface area contributed by atoms with E-state index in [1.165, 1.54) is 4.90 Å². The molecule has 1 aliphatic heterocycles. The molecule has 0 radical (unpaired) electrons. The lowest BCUT2D eigenvalue weighted by molar-refractivity contribution is -0.144. The van der Waals surface area contributed by atoms with Gasteiger partial charge in [-0.2, -0.15) is 0 Å². The van der Waals surface area contributed by atoms with Crippen molar-refractivity contribution in [3.05, 3.63) is 64.7 Å². The molecule has 0 bridgehead atoms. The van der Waals surface area contributed by atoms with Gasteiger partial charge in [0, 0.05) is 31.0 Å². The quantitative estimate of drug-likeness (QED) is 0.526. The van der Waals surface area contributed by atoms with E-state index in [1.54, 1.807) is 43.3 Å². The first-order valence-corrected chi connectivity index (χ1v) is 12.2. The van der Waals surface area contributed by atoms with E-state index in [0.717, 1.165) is 37.0 Å². The Morgan fingerprint density at radius 1 is 1.15 bits per heavy atom. The van der Waals surface area contributed by atoms with Crippen LogP contribution in [0.25, 0.3) is 0 Å². The molecule has 1 aliphatic carbocycles. The third kappa shape index (κ3) is 4.31. The molecule has 0 unspecified atom stereocenters. The maximum atomic E-state index is 13.9. The molecule has 2 aromatic carbocycles. The third-order valence-corrected chi connectivity index (χ3v) is 7.78. The summed E-state index contributed by atoms with van der Waals surface area (Å²) in [6.07, 6.45) is 3.49. The normalized spacial score (nSPS) is 21.7. The van der Waals surface area contributed by atoms with Crippen LogP contribution in [0.3, 0.4) is 0 Å². The molecule has 2 atom stereocenters. The first-order chi connectivity index (χ1) is 16.3. The molecule has 34 heavy (non-hydrogen) atoms. The Labute approximate surface area is 205 Å². The number of halogens is 1. The number of methoxy groups -OCH3 is 1. The van der Waals surface area contributed by atoms with Crippen molar-refractivity contribution < 1.29 is 19.1 Å². The Hall–Kier alpha value is -2.86. The largest absolute Gasteiger partial charge is 0.497 e. The van der Waals surface area contributed by atoms with Crippen LogP contribution >= 0.6 is 11.6 Å². The van der Waals surface area contributed by atoms with Crippen LogP contribution in [0, 0.1) is 0 Å². The number of benzene rings is 2. The first kappa shape index (κ1) is 24.3. The highest BCUT2D eigenvalue weighted by Crippen LogP contribution is 2.45. The van der Waals surface area contributed by atoms with Gasteiger partial charge in [0.15, 0.2) is 0 Å². The van der Waals surface area contributed by atoms with Gasteiger partial charge in [0.25, 0.3) is 0 Å². The van der Waals surface area contributed by atoms with Gasteiger partial charge in [-0.25, -0.2) is 0 Å². The van der Waals surface area contributed by atoms with Crippen LogP contribution in [0.5, 0.6) is 5.75 Å². The average molecular weight is 483 g/mol. The summed E-state index contributed by atoms with van der Waals surface area (Å²) in [7, 11) is 3.34. The molecule has 180 valence electrons. The van der Waals surface area contributed by atoms with Gasteiger partial charge < -0.3 is 9.64 Å². The zero-order valence-electron chi connectivity index (χ0n) is 19.9. The van der Waals surface area contributed by atoms with Crippen LogP contribution in [0.15, 0.2) is 48.5 Å². The lowest BCUT2D eigenvalue weighted by Gasteiger charge is -2.33. The van der Waals surface area contributed by atoms with Crippen LogP contribution < -0.4 is 4.74 Å². The molecule has 1 saturated heterocycles. The minimum absolute atomic E-state index is 0.0391. The summed E-state index contributed by atoms with van der Waals surface area (Å²) >= 11 is 6.55. The first-order valence-electron chi connectivity index (χ1n) is 11.8. The Balaban J connectivity index is 1.65. The van der Waals surface area contributed by atoms with Gasteiger partial charge in [0.2, 0.25) is 17.7 Å². The maximum absolute atomic E-state index is 13.9. The van der Waals surface area contributed by atoms with Crippen LogP contribution in [-0.4, -0.2) is 47.7 Å². The number of carbonyl (C=O) groups is 3. The van der Waals surface area contributed by atoms with Gasteiger partial charge in [0.05, 0.1) is 18.6 Å². The molecule has 0 N–H and O–H groups in total. The van der Waals surface area contributed by atoms with Crippen molar-refractivity contribution >= 4 is 29.3 Å². The molecule has 0 aromatic heterocycles. The molecule has 7 heteroatoms. The predicted molar refractivity (Wildman–Crippen MR) is 131 cm³/mol. The number of likely N-dealkylation sites (tertiary alicyclic amines) is 1. The summed E-state index contributed by atoms with van der Waals surface area (Å²) in [6.45, 7) is 1.94. The molecule has 6 nitrogen and oxygen atoms in total. The van der Waals surface area contributed by atoms with E-state index in [-0.39, 0.29) is 42.6 Å². The highest BCUT2D eigenvalue weighted by atomic mass is 35.5. The molecule has 0 spiro atoms. The summed E-state index contributed by atoms with van der Waals surface area (Å²) in [4.78, 5) is 43.7. The fraction of sp³-hybridized carbons (Fsp3) is 0.444. The summed E-state index contributed by atoms with van der Waals surface area (Å²) in [5.74, 6) is 0.0224. The summed E-state index contributed by atoms with van der Waals surface area (Å²) in [5, 5.41) is 0.399. The van der Waals surface area contributed by atoms with Crippen LogP contribution in [0.4, 0.5) is 0 Å². The van der Waals surface area contributed by atoms with Crippen molar-refractivity contribution in [2.24, 2.45) is 0 Å². The minimum atomic E-state index is -1.29. The Bertz CT molecular complexity index is 1080. The van der Waals surface area contributed by atoms with E-state index in [9.17, 15) is 14.4 Å². The Morgan fingerprint density at radius 2 is 1.79 bits per heavy atom. The van der Waals surface area contributed by atoms with Gasteiger partial charge >= 0.3 is 0 Å². The number of hydrogen-bond donors (Lipinski definition) is 0. The SMILES string of the molecule is COc1ccc([C@H](C)N(C)C(=O)C[C@@]2(c3ccccc3Cl)CC(=O)N(C3CCCC3)C2=O)cc1. The Kier molecular flexibility index (Phi) is 6.99. The topological polar surface area (TPSA) is 66.9 Å². The van der Waals surface area contributed by atoms with E-state index >= 15 is 0 Å². The van der Waals surface area contributed by atoms with Crippen molar-refractivity contribution in [1.29, 1.82) is 0 Å². The number of imide groups is 1. The van der Waals surface area contributed by atoms with Gasteiger partial charge in [-0.3, -0.25) is 19.3 Å². The van der Waals surface area contributed by atoms with E-state index in [1.807, 2.05) is 31.2 Å². The monoisotopic (exact) mass is 482 g/mol. The summed E-state index contributed by atoms with van der Waals surface area (Å²) < 4.78 is 5.23. The van der Waals surface area contributed by atoms with Crippen molar-refractivity contribution in [2.45, 2.75) is 62.9 Å². The molecule has 3 amide bonds. The molecule has 1 saturated carbocycles. The maximum Gasteiger partial charge on any atom is 0.241 e. The van der Waals surface area contributed by atoms with Gasteiger partial charge in [-0.1, -0.05) is 54.8 Å². The van der Waals surface area contributed by atoms with Gasteiger partial charge in [-0.05, 0) is 49.1 Å². The number of rotatable bonds is 7. The van der Waals surface area contributed by atoms with E-state index in [0.29, 0.717) is 10.6 Å². The smallest absolute Gasteiger partial charge is 0.241 e. The van der Waals surface area contributed by atoms with Gasteiger partial charge in [0.1, 0.15) is 5.75 Å². The molecular formula is C27H31ClN2O4.